The lowest BCUT2D eigenvalue weighted by Crippen LogP contribution is -2.46. The lowest BCUT2D eigenvalue weighted by Gasteiger charge is -2.30. The third-order valence-corrected chi connectivity index (χ3v) is 6.88. The number of carbonyl (C=O) groups is 1. The standard InChI is InChI=1S/C20H23NO5S/c1-15-6-8-18(9-7-15)27(24,25)21(14-19(22)23)20(10-11-20)13-16-4-3-5-17(12-16)26-2/h3-9,12H,10-11,13-14H2,1-2H3,(H,22,23). The SMILES string of the molecule is COc1cccc(CC2(N(CC(=O)O)S(=O)(=O)c3ccc(C)cc3)CC2)c1. The van der Waals surface area contributed by atoms with Gasteiger partial charge in [-0.05, 0) is 56.0 Å². The van der Waals surface area contributed by atoms with Gasteiger partial charge in [-0.2, -0.15) is 4.31 Å². The molecule has 0 atom stereocenters. The van der Waals surface area contributed by atoms with Crippen LogP contribution in [0.5, 0.6) is 5.75 Å². The second-order valence-corrected chi connectivity index (χ2v) is 8.83. The molecule has 0 unspecified atom stereocenters. The van der Waals surface area contributed by atoms with Crippen molar-refractivity contribution in [2.24, 2.45) is 0 Å². The third kappa shape index (κ3) is 4.14. The minimum Gasteiger partial charge on any atom is -0.497 e. The average molecular weight is 389 g/mol. The summed E-state index contributed by atoms with van der Waals surface area (Å²) in [6.07, 6.45) is 1.70. The number of benzene rings is 2. The number of hydrogen-bond donors (Lipinski definition) is 1. The molecule has 144 valence electrons. The number of ether oxygens (including phenoxy) is 1. The normalized spacial score (nSPS) is 15.5. The minimum absolute atomic E-state index is 0.117. The van der Waals surface area contributed by atoms with E-state index in [-0.39, 0.29) is 4.90 Å². The first-order chi connectivity index (χ1) is 12.8. The van der Waals surface area contributed by atoms with Crippen molar-refractivity contribution < 1.29 is 23.1 Å². The van der Waals surface area contributed by atoms with Gasteiger partial charge >= 0.3 is 5.97 Å². The summed E-state index contributed by atoms with van der Waals surface area (Å²) in [6.45, 7) is 1.32. The lowest BCUT2D eigenvalue weighted by molar-refractivity contribution is -0.137. The molecule has 0 aromatic heterocycles. The molecule has 0 heterocycles. The average Bonchev–Trinajstić information content (AvgIpc) is 3.40. The Bertz CT molecular complexity index is 933. The largest absolute Gasteiger partial charge is 0.497 e. The molecule has 0 radical (unpaired) electrons. The molecule has 27 heavy (non-hydrogen) atoms. The zero-order chi connectivity index (χ0) is 19.7. The highest BCUT2D eigenvalue weighted by molar-refractivity contribution is 7.89. The number of carboxylic acid groups (broad SMARTS) is 1. The second kappa shape index (κ2) is 7.32. The maximum absolute atomic E-state index is 13.2. The van der Waals surface area contributed by atoms with Crippen molar-refractivity contribution in [2.75, 3.05) is 13.7 Å². The van der Waals surface area contributed by atoms with Gasteiger partial charge in [0.1, 0.15) is 12.3 Å². The zero-order valence-corrected chi connectivity index (χ0v) is 16.2. The van der Waals surface area contributed by atoms with E-state index >= 15 is 0 Å². The van der Waals surface area contributed by atoms with E-state index in [1.165, 1.54) is 12.1 Å². The van der Waals surface area contributed by atoms with E-state index in [1.807, 2.05) is 31.2 Å². The van der Waals surface area contributed by atoms with Gasteiger partial charge in [-0.1, -0.05) is 29.8 Å². The second-order valence-electron chi connectivity index (χ2n) is 6.97. The van der Waals surface area contributed by atoms with E-state index in [9.17, 15) is 18.3 Å². The first kappa shape index (κ1) is 19.4. The maximum atomic E-state index is 13.2. The molecule has 1 fully saturated rings. The van der Waals surface area contributed by atoms with Crippen molar-refractivity contribution >= 4 is 16.0 Å². The number of sulfonamides is 1. The molecule has 3 rings (SSSR count). The fraction of sp³-hybridized carbons (Fsp3) is 0.350. The Morgan fingerprint density at radius 2 is 1.85 bits per heavy atom. The molecule has 0 spiro atoms. The van der Waals surface area contributed by atoms with Crippen LogP contribution in [0.2, 0.25) is 0 Å². The van der Waals surface area contributed by atoms with Crippen LogP contribution in [0.15, 0.2) is 53.4 Å². The van der Waals surface area contributed by atoms with Gasteiger partial charge in [0.25, 0.3) is 0 Å². The van der Waals surface area contributed by atoms with Crippen LogP contribution in [0.1, 0.15) is 24.0 Å². The summed E-state index contributed by atoms with van der Waals surface area (Å²) in [5.41, 5.74) is 1.15. The number of aryl methyl sites for hydroxylation is 1. The molecule has 0 bridgehead atoms. The quantitative estimate of drug-likeness (QED) is 0.751. The fourth-order valence-corrected chi connectivity index (χ4v) is 5.06. The van der Waals surface area contributed by atoms with Gasteiger partial charge in [-0.3, -0.25) is 4.79 Å². The first-order valence-electron chi connectivity index (χ1n) is 8.71. The number of rotatable bonds is 8. The highest BCUT2D eigenvalue weighted by atomic mass is 32.2. The van der Waals surface area contributed by atoms with Crippen LogP contribution in [0, 0.1) is 6.92 Å². The van der Waals surface area contributed by atoms with Crippen LogP contribution in [-0.2, 0) is 21.2 Å². The van der Waals surface area contributed by atoms with Crippen LogP contribution >= 0.6 is 0 Å². The molecular weight excluding hydrogens is 366 g/mol. The van der Waals surface area contributed by atoms with Crippen LogP contribution in [0.3, 0.4) is 0 Å². The molecular formula is C20H23NO5S. The molecule has 1 aliphatic rings. The van der Waals surface area contributed by atoms with Crippen molar-refractivity contribution in [1.29, 1.82) is 0 Å². The molecule has 7 heteroatoms. The molecule has 2 aromatic rings. The number of nitrogens with zero attached hydrogens (tertiary/aromatic N) is 1. The lowest BCUT2D eigenvalue weighted by atomic mass is 10.0. The molecule has 6 nitrogen and oxygen atoms in total. The van der Waals surface area contributed by atoms with Gasteiger partial charge in [0.05, 0.1) is 12.0 Å². The number of carboxylic acids is 1. The Kier molecular flexibility index (Phi) is 5.26. The molecule has 1 saturated carbocycles. The van der Waals surface area contributed by atoms with Gasteiger partial charge in [-0.25, -0.2) is 8.42 Å². The van der Waals surface area contributed by atoms with Gasteiger partial charge < -0.3 is 9.84 Å². The van der Waals surface area contributed by atoms with E-state index in [0.717, 1.165) is 15.4 Å². The number of aliphatic carboxylic acids is 1. The predicted octanol–water partition coefficient (Wildman–Crippen LogP) is 2.85. The Balaban J connectivity index is 1.96. The van der Waals surface area contributed by atoms with E-state index in [4.69, 9.17) is 4.74 Å². The van der Waals surface area contributed by atoms with E-state index in [2.05, 4.69) is 0 Å². The Morgan fingerprint density at radius 3 is 2.41 bits per heavy atom. The van der Waals surface area contributed by atoms with Gasteiger partial charge in [-0.15, -0.1) is 0 Å². The van der Waals surface area contributed by atoms with E-state index in [0.29, 0.717) is 25.0 Å². The minimum atomic E-state index is -3.92. The summed E-state index contributed by atoms with van der Waals surface area (Å²) in [6, 6.07) is 13.9. The molecule has 2 aromatic carbocycles. The predicted molar refractivity (Wildman–Crippen MR) is 101 cm³/mol. The molecule has 1 aliphatic carbocycles. The zero-order valence-electron chi connectivity index (χ0n) is 15.4. The Morgan fingerprint density at radius 1 is 1.19 bits per heavy atom. The molecule has 0 saturated heterocycles. The molecule has 0 amide bonds. The van der Waals surface area contributed by atoms with Gasteiger partial charge in [0, 0.05) is 5.54 Å². The summed E-state index contributed by atoms with van der Waals surface area (Å²) in [4.78, 5) is 11.6. The third-order valence-electron chi connectivity index (χ3n) is 4.91. The summed E-state index contributed by atoms with van der Waals surface area (Å²) in [5.74, 6) is -0.475. The van der Waals surface area contributed by atoms with Crippen molar-refractivity contribution in [3.63, 3.8) is 0 Å². The summed E-state index contributed by atoms with van der Waals surface area (Å²) in [7, 11) is -2.35. The Hall–Kier alpha value is -2.38. The molecule has 1 N–H and O–H groups in total. The van der Waals surface area contributed by atoms with Crippen molar-refractivity contribution in [2.45, 2.75) is 36.6 Å². The summed E-state index contributed by atoms with van der Waals surface area (Å²) < 4.78 is 32.8. The number of hydrogen-bond acceptors (Lipinski definition) is 4. The first-order valence-corrected chi connectivity index (χ1v) is 10.2. The van der Waals surface area contributed by atoms with Gasteiger partial charge in [0.2, 0.25) is 10.0 Å². The summed E-state index contributed by atoms with van der Waals surface area (Å²) in [5, 5.41) is 9.35. The van der Waals surface area contributed by atoms with Crippen LogP contribution in [0.25, 0.3) is 0 Å². The monoisotopic (exact) mass is 389 g/mol. The van der Waals surface area contributed by atoms with E-state index < -0.39 is 28.1 Å². The van der Waals surface area contributed by atoms with Crippen LogP contribution in [0.4, 0.5) is 0 Å². The number of methoxy groups -OCH3 is 1. The van der Waals surface area contributed by atoms with Crippen molar-refractivity contribution in [3.05, 3.63) is 59.7 Å². The Labute approximate surface area is 159 Å². The highest BCUT2D eigenvalue weighted by Gasteiger charge is 2.53. The van der Waals surface area contributed by atoms with Crippen LogP contribution in [-0.4, -0.2) is 43.0 Å². The smallest absolute Gasteiger partial charge is 0.318 e. The van der Waals surface area contributed by atoms with Crippen LogP contribution < -0.4 is 4.74 Å². The van der Waals surface area contributed by atoms with E-state index in [1.54, 1.807) is 19.2 Å². The highest BCUT2D eigenvalue weighted by Crippen LogP contribution is 2.47. The van der Waals surface area contributed by atoms with Crippen molar-refractivity contribution in [3.8, 4) is 5.75 Å². The summed E-state index contributed by atoms with van der Waals surface area (Å²) >= 11 is 0. The van der Waals surface area contributed by atoms with Gasteiger partial charge in [0.15, 0.2) is 0 Å². The topological polar surface area (TPSA) is 83.9 Å². The maximum Gasteiger partial charge on any atom is 0.318 e. The fourth-order valence-electron chi connectivity index (χ4n) is 3.29. The van der Waals surface area contributed by atoms with Crippen molar-refractivity contribution in [1.82, 2.24) is 4.31 Å². The molecule has 0 aliphatic heterocycles.